The molecule has 5 heteroatoms. The van der Waals surface area contributed by atoms with Crippen molar-refractivity contribution in [2.24, 2.45) is 11.8 Å². The molecule has 0 aromatic heterocycles. The van der Waals surface area contributed by atoms with Gasteiger partial charge in [0.25, 0.3) is 0 Å². The lowest BCUT2D eigenvalue weighted by Crippen LogP contribution is -2.31. The predicted molar refractivity (Wildman–Crippen MR) is 85.6 cm³/mol. The SMILES string of the molecule is CNCc1ccc(C)c(S(=O)(=O)NCC2CCCC2C)c1. The largest absolute Gasteiger partial charge is 0.316 e. The Bertz CT molecular complexity index is 584. The first-order valence-corrected chi connectivity index (χ1v) is 9.16. The molecule has 1 aliphatic rings. The van der Waals surface area contributed by atoms with Gasteiger partial charge in [0.1, 0.15) is 0 Å². The number of hydrogen-bond donors (Lipinski definition) is 2. The van der Waals surface area contributed by atoms with Crippen LogP contribution in [0.2, 0.25) is 0 Å². The third kappa shape index (κ3) is 4.05. The molecule has 2 rings (SSSR count). The molecule has 0 aliphatic heterocycles. The normalized spacial score (nSPS) is 22.6. The first-order valence-electron chi connectivity index (χ1n) is 7.68. The molecule has 2 N–H and O–H groups in total. The van der Waals surface area contributed by atoms with Crippen LogP contribution in [0.15, 0.2) is 23.1 Å². The molecule has 1 fully saturated rings. The van der Waals surface area contributed by atoms with Gasteiger partial charge in [-0.25, -0.2) is 13.1 Å². The zero-order valence-electron chi connectivity index (χ0n) is 13.1. The van der Waals surface area contributed by atoms with E-state index in [0.717, 1.165) is 17.5 Å². The highest BCUT2D eigenvalue weighted by atomic mass is 32.2. The van der Waals surface area contributed by atoms with Crippen LogP contribution in [0, 0.1) is 18.8 Å². The average Bonchev–Trinajstić information content (AvgIpc) is 2.84. The molecular weight excluding hydrogens is 284 g/mol. The molecule has 4 nitrogen and oxygen atoms in total. The monoisotopic (exact) mass is 310 g/mol. The molecule has 1 aromatic rings. The van der Waals surface area contributed by atoms with Crippen molar-refractivity contribution in [3.8, 4) is 0 Å². The maximum atomic E-state index is 12.5. The van der Waals surface area contributed by atoms with Gasteiger partial charge < -0.3 is 5.32 Å². The highest BCUT2D eigenvalue weighted by Gasteiger charge is 2.26. The summed E-state index contributed by atoms with van der Waals surface area (Å²) in [6.07, 6.45) is 3.55. The van der Waals surface area contributed by atoms with Crippen molar-refractivity contribution in [2.75, 3.05) is 13.6 Å². The van der Waals surface area contributed by atoms with Gasteiger partial charge in [-0.05, 0) is 49.4 Å². The number of benzene rings is 1. The molecule has 0 heterocycles. The number of nitrogens with one attached hydrogen (secondary N) is 2. The highest BCUT2D eigenvalue weighted by molar-refractivity contribution is 7.89. The Morgan fingerprint density at radius 2 is 2.05 bits per heavy atom. The van der Waals surface area contributed by atoms with Crippen LogP contribution >= 0.6 is 0 Å². The first kappa shape index (κ1) is 16.5. The van der Waals surface area contributed by atoms with E-state index in [1.807, 2.05) is 26.1 Å². The maximum absolute atomic E-state index is 12.5. The van der Waals surface area contributed by atoms with Gasteiger partial charge in [-0.1, -0.05) is 31.9 Å². The summed E-state index contributed by atoms with van der Waals surface area (Å²) in [5.74, 6) is 1.09. The van der Waals surface area contributed by atoms with Gasteiger partial charge in [0.05, 0.1) is 4.90 Å². The zero-order valence-corrected chi connectivity index (χ0v) is 14.0. The fraction of sp³-hybridized carbons (Fsp3) is 0.625. The second-order valence-electron chi connectivity index (χ2n) is 6.15. The second-order valence-corrected chi connectivity index (χ2v) is 7.89. The smallest absolute Gasteiger partial charge is 0.240 e. The van der Waals surface area contributed by atoms with Gasteiger partial charge in [-0.2, -0.15) is 0 Å². The molecule has 21 heavy (non-hydrogen) atoms. The molecule has 1 aromatic carbocycles. The Kier molecular flexibility index (Phi) is 5.41. The lowest BCUT2D eigenvalue weighted by atomic mass is 9.99. The van der Waals surface area contributed by atoms with E-state index < -0.39 is 10.0 Å². The van der Waals surface area contributed by atoms with E-state index in [-0.39, 0.29) is 0 Å². The molecule has 118 valence electrons. The van der Waals surface area contributed by atoms with Crippen molar-refractivity contribution in [1.29, 1.82) is 0 Å². The molecule has 0 amide bonds. The Hall–Kier alpha value is -0.910. The summed E-state index contributed by atoms with van der Waals surface area (Å²) in [5.41, 5.74) is 1.78. The minimum atomic E-state index is -3.42. The standard InChI is InChI=1S/C16H26N2O2S/c1-12-5-4-6-15(12)11-18-21(19,20)16-9-14(10-17-3)8-7-13(16)2/h7-9,12,15,17-18H,4-6,10-11H2,1-3H3. The van der Waals surface area contributed by atoms with Gasteiger partial charge in [0.2, 0.25) is 10.0 Å². The van der Waals surface area contributed by atoms with E-state index in [1.165, 1.54) is 12.8 Å². The fourth-order valence-corrected chi connectivity index (χ4v) is 4.46. The van der Waals surface area contributed by atoms with Crippen LogP contribution in [-0.4, -0.2) is 22.0 Å². The molecule has 1 aliphatic carbocycles. The van der Waals surface area contributed by atoms with Crippen LogP contribution in [0.5, 0.6) is 0 Å². The summed E-state index contributed by atoms with van der Waals surface area (Å²) in [5, 5.41) is 3.05. The topological polar surface area (TPSA) is 58.2 Å². The summed E-state index contributed by atoms with van der Waals surface area (Å²) in [7, 11) is -1.57. The van der Waals surface area contributed by atoms with Gasteiger partial charge in [0.15, 0.2) is 0 Å². The van der Waals surface area contributed by atoms with E-state index in [4.69, 9.17) is 0 Å². The van der Waals surface area contributed by atoms with Crippen LogP contribution in [0.1, 0.15) is 37.3 Å². The minimum absolute atomic E-state index is 0.404. The van der Waals surface area contributed by atoms with Crippen molar-refractivity contribution in [3.63, 3.8) is 0 Å². The predicted octanol–water partition coefficient (Wildman–Crippen LogP) is 2.43. The van der Waals surface area contributed by atoms with Crippen molar-refractivity contribution >= 4 is 10.0 Å². The number of sulfonamides is 1. The molecule has 0 saturated heterocycles. The first-order chi connectivity index (χ1) is 9.94. The van der Waals surface area contributed by atoms with Crippen LogP contribution in [0.4, 0.5) is 0 Å². The zero-order chi connectivity index (χ0) is 15.5. The fourth-order valence-electron chi connectivity index (χ4n) is 3.07. The second kappa shape index (κ2) is 6.90. The molecule has 0 spiro atoms. The number of hydrogen-bond acceptors (Lipinski definition) is 3. The molecule has 0 bridgehead atoms. The third-order valence-corrected chi connectivity index (χ3v) is 6.06. The van der Waals surface area contributed by atoms with Crippen molar-refractivity contribution in [2.45, 2.75) is 44.6 Å². The molecule has 2 unspecified atom stereocenters. The van der Waals surface area contributed by atoms with E-state index >= 15 is 0 Å². The lowest BCUT2D eigenvalue weighted by molar-refractivity contribution is 0.414. The summed E-state index contributed by atoms with van der Waals surface area (Å²) < 4.78 is 27.9. The van der Waals surface area contributed by atoms with E-state index in [1.54, 1.807) is 6.07 Å². The van der Waals surface area contributed by atoms with Crippen molar-refractivity contribution in [3.05, 3.63) is 29.3 Å². The van der Waals surface area contributed by atoms with Crippen LogP contribution in [0.3, 0.4) is 0 Å². The lowest BCUT2D eigenvalue weighted by Gasteiger charge is -2.17. The Labute approximate surface area is 128 Å². The molecular formula is C16H26N2O2S. The Balaban J connectivity index is 2.13. The average molecular weight is 310 g/mol. The molecule has 0 radical (unpaired) electrons. The quantitative estimate of drug-likeness (QED) is 0.848. The van der Waals surface area contributed by atoms with Crippen LogP contribution in [-0.2, 0) is 16.6 Å². The van der Waals surface area contributed by atoms with Crippen LogP contribution in [0.25, 0.3) is 0 Å². The van der Waals surface area contributed by atoms with E-state index in [0.29, 0.717) is 29.8 Å². The molecule has 1 saturated carbocycles. The third-order valence-electron chi connectivity index (χ3n) is 4.50. The van der Waals surface area contributed by atoms with E-state index in [9.17, 15) is 8.42 Å². The van der Waals surface area contributed by atoms with Gasteiger partial charge in [-0.3, -0.25) is 0 Å². The number of rotatable bonds is 6. The Morgan fingerprint density at radius 1 is 1.29 bits per heavy atom. The van der Waals surface area contributed by atoms with Crippen molar-refractivity contribution < 1.29 is 8.42 Å². The summed E-state index contributed by atoms with van der Waals surface area (Å²) in [6, 6.07) is 5.61. The van der Waals surface area contributed by atoms with Crippen LogP contribution < -0.4 is 10.0 Å². The summed E-state index contributed by atoms with van der Waals surface area (Å²) in [4.78, 5) is 0.404. The minimum Gasteiger partial charge on any atom is -0.316 e. The van der Waals surface area contributed by atoms with E-state index in [2.05, 4.69) is 17.0 Å². The summed E-state index contributed by atoms with van der Waals surface area (Å²) in [6.45, 7) is 5.28. The van der Waals surface area contributed by atoms with Gasteiger partial charge in [0, 0.05) is 13.1 Å². The molecule has 2 atom stereocenters. The Morgan fingerprint density at radius 3 is 2.67 bits per heavy atom. The van der Waals surface area contributed by atoms with Gasteiger partial charge >= 0.3 is 0 Å². The highest BCUT2D eigenvalue weighted by Crippen LogP contribution is 2.30. The maximum Gasteiger partial charge on any atom is 0.240 e. The van der Waals surface area contributed by atoms with Gasteiger partial charge in [-0.15, -0.1) is 0 Å². The summed E-state index contributed by atoms with van der Waals surface area (Å²) >= 11 is 0. The number of aryl methyl sites for hydroxylation is 1. The van der Waals surface area contributed by atoms with Crippen molar-refractivity contribution in [1.82, 2.24) is 10.0 Å².